The van der Waals surface area contributed by atoms with Gasteiger partial charge in [0.1, 0.15) is 0 Å². The number of nitrogens with zero attached hydrogens (tertiary/aromatic N) is 1. The van der Waals surface area contributed by atoms with Crippen molar-refractivity contribution in [3.8, 4) is 0 Å². The summed E-state index contributed by atoms with van der Waals surface area (Å²) in [4.78, 5) is 14.3. The fourth-order valence-electron chi connectivity index (χ4n) is 2.99. The van der Waals surface area contributed by atoms with E-state index in [-0.39, 0.29) is 5.91 Å². The van der Waals surface area contributed by atoms with E-state index in [9.17, 15) is 4.79 Å². The summed E-state index contributed by atoms with van der Waals surface area (Å²) in [6, 6.07) is 7.22. The lowest BCUT2D eigenvalue weighted by atomic mass is 9.92. The third kappa shape index (κ3) is 4.80. The van der Waals surface area contributed by atoms with Crippen LogP contribution in [0.25, 0.3) is 0 Å². The van der Waals surface area contributed by atoms with Gasteiger partial charge in [-0.3, -0.25) is 4.79 Å². The van der Waals surface area contributed by atoms with Crippen molar-refractivity contribution in [2.75, 3.05) is 25.0 Å². The SMILES string of the molecule is CC1CC(C)CN(CCC(=O)Nc2ccc(Cl)cc2)C1. The summed E-state index contributed by atoms with van der Waals surface area (Å²) < 4.78 is 0. The van der Waals surface area contributed by atoms with E-state index in [0.717, 1.165) is 37.2 Å². The molecule has 1 heterocycles. The molecule has 2 rings (SSSR count). The minimum absolute atomic E-state index is 0.0678. The Morgan fingerprint density at radius 2 is 1.85 bits per heavy atom. The van der Waals surface area contributed by atoms with Crippen LogP contribution in [0.2, 0.25) is 5.02 Å². The molecule has 1 fully saturated rings. The molecule has 1 aromatic rings. The molecule has 1 saturated heterocycles. The highest BCUT2D eigenvalue weighted by atomic mass is 35.5. The molecule has 2 atom stereocenters. The third-order valence-electron chi connectivity index (χ3n) is 3.73. The summed E-state index contributed by atoms with van der Waals surface area (Å²) in [5, 5.41) is 3.59. The molecule has 1 amide bonds. The Bertz CT molecular complexity index is 436. The molecular formula is C16H23ClN2O. The zero-order valence-corrected chi connectivity index (χ0v) is 13.0. The average molecular weight is 295 g/mol. The van der Waals surface area contributed by atoms with Crippen LogP contribution < -0.4 is 5.32 Å². The number of benzene rings is 1. The van der Waals surface area contributed by atoms with E-state index >= 15 is 0 Å². The Labute approximate surface area is 126 Å². The maximum absolute atomic E-state index is 11.9. The quantitative estimate of drug-likeness (QED) is 0.919. The van der Waals surface area contributed by atoms with Gasteiger partial charge in [-0.1, -0.05) is 25.4 Å². The predicted octanol–water partition coefficient (Wildman–Crippen LogP) is 3.65. The van der Waals surface area contributed by atoms with E-state index in [1.54, 1.807) is 12.1 Å². The molecule has 0 aliphatic carbocycles. The van der Waals surface area contributed by atoms with E-state index in [4.69, 9.17) is 11.6 Å². The first kappa shape index (κ1) is 15.3. The van der Waals surface area contributed by atoms with Crippen molar-refractivity contribution in [1.82, 2.24) is 4.90 Å². The molecule has 0 radical (unpaired) electrons. The zero-order chi connectivity index (χ0) is 14.5. The Hall–Kier alpha value is -1.06. The predicted molar refractivity (Wildman–Crippen MR) is 84.1 cm³/mol. The Kier molecular flexibility index (Phi) is 5.44. The van der Waals surface area contributed by atoms with Crippen molar-refractivity contribution in [3.05, 3.63) is 29.3 Å². The number of likely N-dealkylation sites (tertiary alicyclic amines) is 1. The van der Waals surface area contributed by atoms with Crippen molar-refractivity contribution < 1.29 is 4.79 Å². The molecule has 20 heavy (non-hydrogen) atoms. The molecule has 0 spiro atoms. The first-order valence-electron chi connectivity index (χ1n) is 7.30. The van der Waals surface area contributed by atoms with E-state index in [2.05, 4.69) is 24.1 Å². The van der Waals surface area contributed by atoms with Gasteiger partial charge < -0.3 is 10.2 Å². The molecule has 0 bridgehead atoms. The highest BCUT2D eigenvalue weighted by Crippen LogP contribution is 2.21. The Morgan fingerprint density at radius 3 is 2.45 bits per heavy atom. The fourth-order valence-corrected chi connectivity index (χ4v) is 3.12. The summed E-state index contributed by atoms with van der Waals surface area (Å²) in [5.74, 6) is 1.54. The molecule has 1 N–H and O–H groups in total. The second-order valence-electron chi connectivity index (χ2n) is 6.01. The maximum Gasteiger partial charge on any atom is 0.225 e. The van der Waals surface area contributed by atoms with E-state index in [0.29, 0.717) is 11.4 Å². The second kappa shape index (κ2) is 7.09. The summed E-state index contributed by atoms with van der Waals surface area (Å²) in [5.41, 5.74) is 0.805. The number of carbonyl (C=O) groups excluding carboxylic acids is 1. The van der Waals surface area contributed by atoms with Crippen LogP contribution in [0.5, 0.6) is 0 Å². The number of anilines is 1. The standard InChI is InChI=1S/C16H23ClN2O/c1-12-9-13(2)11-19(10-12)8-7-16(20)18-15-5-3-14(17)4-6-15/h3-6,12-13H,7-11H2,1-2H3,(H,18,20). The maximum atomic E-state index is 11.9. The van der Waals surface area contributed by atoms with Gasteiger partial charge in [0.2, 0.25) is 5.91 Å². The normalized spacial score (nSPS) is 23.6. The first-order chi connectivity index (χ1) is 9.52. The zero-order valence-electron chi connectivity index (χ0n) is 12.2. The van der Waals surface area contributed by atoms with Gasteiger partial charge >= 0.3 is 0 Å². The molecule has 3 nitrogen and oxygen atoms in total. The van der Waals surface area contributed by atoms with Crippen LogP contribution in [0.4, 0.5) is 5.69 Å². The summed E-state index contributed by atoms with van der Waals surface area (Å²) >= 11 is 5.82. The van der Waals surface area contributed by atoms with Gasteiger partial charge in [0.25, 0.3) is 0 Å². The number of halogens is 1. The van der Waals surface area contributed by atoms with Gasteiger partial charge in [-0.2, -0.15) is 0 Å². The topological polar surface area (TPSA) is 32.3 Å². The minimum Gasteiger partial charge on any atom is -0.326 e. The molecule has 4 heteroatoms. The lowest BCUT2D eigenvalue weighted by molar-refractivity contribution is -0.116. The van der Waals surface area contributed by atoms with Crippen molar-refractivity contribution >= 4 is 23.2 Å². The van der Waals surface area contributed by atoms with Gasteiger partial charge in [-0.05, 0) is 42.5 Å². The largest absolute Gasteiger partial charge is 0.326 e. The number of rotatable bonds is 4. The first-order valence-corrected chi connectivity index (χ1v) is 7.68. The fraction of sp³-hybridized carbons (Fsp3) is 0.562. The van der Waals surface area contributed by atoms with Crippen molar-refractivity contribution in [3.63, 3.8) is 0 Å². The van der Waals surface area contributed by atoms with Crippen molar-refractivity contribution in [2.24, 2.45) is 11.8 Å². The minimum atomic E-state index is 0.0678. The summed E-state index contributed by atoms with van der Waals surface area (Å²) in [7, 11) is 0. The Morgan fingerprint density at radius 1 is 1.25 bits per heavy atom. The van der Waals surface area contributed by atoms with E-state index in [1.807, 2.05) is 12.1 Å². The number of hydrogen-bond acceptors (Lipinski definition) is 2. The van der Waals surface area contributed by atoms with Gasteiger partial charge in [-0.15, -0.1) is 0 Å². The van der Waals surface area contributed by atoms with Crippen LogP contribution >= 0.6 is 11.6 Å². The second-order valence-corrected chi connectivity index (χ2v) is 6.45. The molecule has 110 valence electrons. The number of nitrogens with one attached hydrogen (secondary N) is 1. The van der Waals surface area contributed by atoms with Crippen LogP contribution in [0.3, 0.4) is 0 Å². The number of amides is 1. The lowest BCUT2D eigenvalue weighted by Crippen LogP contribution is -2.40. The van der Waals surface area contributed by atoms with Gasteiger partial charge in [0.15, 0.2) is 0 Å². The van der Waals surface area contributed by atoms with Crippen LogP contribution in [-0.2, 0) is 4.79 Å². The summed E-state index contributed by atoms with van der Waals surface area (Å²) in [6.45, 7) is 7.64. The van der Waals surface area contributed by atoms with Crippen molar-refractivity contribution in [1.29, 1.82) is 0 Å². The highest BCUT2D eigenvalue weighted by Gasteiger charge is 2.21. The monoisotopic (exact) mass is 294 g/mol. The van der Waals surface area contributed by atoms with Gasteiger partial charge in [0, 0.05) is 36.8 Å². The molecule has 2 unspecified atom stereocenters. The molecular weight excluding hydrogens is 272 g/mol. The third-order valence-corrected chi connectivity index (χ3v) is 3.98. The average Bonchev–Trinajstić information content (AvgIpc) is 2.38. The van der Waals surface area contributed by atoms with Gasteiger partial charge in [-0.25, -0.2) is 0 Å². The molecule has 0 aromatic heterocycles. The Balaban J connectivity index is 1.76. The van der Waals surface area contributed by atoms with Crippen LogP contribution in [-0.4, -0.2) is 30.4 Å². The van der Waals surface area contributed by atoms with Gasteiger partial charge in [0.05, 0.1) is 0 Å². The smallest absolute Gasteiger partial charge is 0.225 e. The number of hydrogen-bond donors (Lipinski definition) is 1. The van der Waals surface area contributed by atoms with Crippen LogP contribution in [0.15, 0.2) is 24.3 Å². The highest BCUT2D eigenvalue weighted by molar-refractivity contribution is 6.30. The van der Waals surface area contributed by atoms with Crippen LogP contribution in [0, 0.1) is 11.8 Å². The van der Waals surface area contributed by atoms with E-state index in [1.165, 1.54) is 6.42 Å². The van der Waals surface area contributed by atoms with Crippen LogP contribution in [0.1, 0.15) is 26.7 Å². The summed E-state index contributed by atoms with van der Waals surface area (Å²) in [6.07, 6.45) is 1.84. The lowest BCUT2D eigenvalue weighted by Gasteiger charge is -2.34. The molecule has 1 aromatic carbocycles. The van der Waals surface area contributed by atoms with Crippen molar-refractivity contribution in [2.45, 2.75) is 26.7 Å². The number of piperidine rings is 1. The molecule has 1 aliphatic heterocycles. The van der Waals surface area contributed by atoms with E-state index < -0.39 is 0 Å². The molecule has 0 saturated carbocycles. The molecule has 1 aliphatic rings. The number of carbonyl (C=O) groups is 1.